The highest BCUT2D eigenvalue weighted by Crippen LogP contribution is 2.32. The molecule has 2 heterocycles. The summed E-state index contributed by atoms with van der Waals surface area (Å²) in [6.07, 6.45) is 10.8. The molecule has 0 radical (unpaired) electrons. The Morgan fingerprint density at radius 1 is 1.33 bits per heavy atom. The van der Waals surface area contributed by atoms with Crippen molar-refractivity contribution in [2.75, 3.05) is 13.1 Å². The molecule has 1 saturated heterocycles. The van der Waals surface area contributed by atoms with Gasteiger partial charge in [-0.2, -0.15) is 5.10 Å². The van der Waals surface area contributed by atoms with Gasteiger partial charge in [0.2, 0.25) is 0 Å². The van der Waals surface area contributed by atoms with E-state index in [0.717, 1.165) is 25.1 Å². The van der Waals surface area contributed by atoms with Crippen LogP contribution in [0.5, 0.6) is 0 Å². The van der Waals surface area contributed by atoms with Crippen LogP contribution in [-0.2, 0) is 17.6 Å². The van der Waals surface area contributed by atoms with Gasteiger partial charge in [0, 0.05) is 24.9 Å². The van der Waals surface area contributed by atoms with Crippen LogP contribution in [0.15, 0.2) is 48.8 Å². The number of benzene rings is 1. The quantitative estimate of drug-likeness (QED) is 0.768. The van der Waals surface area contributed by atoms with Gasteiger partial charge >= 0.3 is 5.97 Å². The van der Waals surface area contributed by atoms with Crippen LogP contribution in [0.2, 0.25) is 0 Å². The maximum atomic E-state index is 10.5. The summed E-state index contributed by atoms with van der Waals surface area (Å²) in [6, 6.07) is 9.07. The first kappa shape index (κ1) is 16.5. The molecule has 2 N–H and O–H groups in total. The lowest BCUT2D eigenvalue weighted by Crippen LogP contribution is -2.25. The minimum atomic E-state index is -0.897. The summed E-state index contributed by atoms with van der Waals surface area (Å²) in [5.41, 5.74) is 3.74. The fourth-order valence-corrected chi connectivity index (χ4v) is 3.33. The molecule has 24 heavy (non-hydrogen) atoms. The van der Waals surface area contributed by atoms with E-state index in [4.69, 9.17) is 5.11 Å². The highest BCUT2D eigenvalue weighted by atomic mass is 16.4. The summed E-state index contributed by atoms with van der Waals surface area (Å²) < 4.78 is 0. The highest BCUT2D eigenvalue weighted by molar-refractivity contribution is 5.79. The molecular weight excluding hydrogens is 302 g/mol. The number of aliphatic carboxylic acids is 1. The van der Waals surface area contributed by atoms with Crippen LogP contribution >= 0.6 is 0 Å². The lowest BCUT2D eigenvalue weighted by Gasteiger charge is -2.24. The molecule has 0 spiro atoms. The summed E-state index contributed by atoms with van der Waals surface area (Å²) in [4.78, 5) is 13.1. The van der Waals surface area contributed by atoms with Gasteiger partial charge in [0.05, 0.1) is 6.20 Å². The van der Waals surface area contributed by atoms with Gasteiger partial charge in [-0.05, 0) is 48.9 Å². The summed E-state index contributed by atoms with van der Waals surface area (Å²) in [5.74, 6) is -0.897. The second-order valence-corrected chi connectivity index (χ2v) is 6.24. The van der Waals surface area contributed by atoms with Gasteiger partial charge in [-0.25, -0.2) is 4.79 Å². The van der Waals surface area contributed by atoms with Gasteiger partial charge in [0.25, 0.3) is 0 Å². The summed E-state index contributed by atoms with van der Waals surface area (Å²) in [5, 5.41) is 15.5. The maximum absolute atomic E-state index is 10.5. The Hall–Kier alpha value is -2.40. The van der Waals surface area contributed by atoms with E-state index in [9.17, 15) is 4.79 Å². The zero-order chi connectivity index (χ0) is 16.8. The molecule has 2 aromatic rings. The zero-order valence-corrected chi connectivity index (χ0v) is 13.7. The number of carbonyl (C=O) groups is 1. The lowest BCUT2D eigenvalue weighted by atomic mass is 10.0. The van der Waals surface area contributed by atoms with Gasteiger partial charge < -0.3 is 5.11 Å². The maximum Gasteiger partial charge on any atom is 0.327 e. The molecule has 0 aliphatic carbocycles. The van der Waals surface area contributed by atoms with Crippen LogP contribution in [0.4, 0.5) is 0 Å². The van der Waals surface area contributed by atoms with Gasteiger partial charge in [0.15, 0.2) is 0 Å². The molecule has 0 saturated carbocycles. The number of hydrogen-bond donors (Lipinski definition) is 2. The Kier molecular flexibility index (Phi) is 5.43. The monoisotopic (exact) mass is 325 g/mol. The fourth-order valence-electron chi connectivity index (χ4n) is 3.33. The number of H-pyrrole nitrogens is 1. The van der Waals surface area contributed by atoms with Gasteiger partial charge in [-0.15, -0.1) is 0 Å². The third kappa shape index (κ3) is 4.32. The predicted octanol–water partition coefficient (Wildman–Crippen LogP) is 2.97. The molecular formula is C19H23N3O2. The number of carboxylic acids is 1. The summed E-state index contributed by atoms with van der Waals surface area (Å²) >= 11 is 0. The normalized spacial score (nSPS) is 18.4. The van der Waals surface area contributed by atoms with Crippen molar-refractivity contribution >= 4 is 5.97 Å². The average molecular weight is 325 g/mol. The number of nitrogens with zero attached hydrogens (tertiary/aromatic N) is 2. The highest BCUT2D eigenvalue weighted by Gasteiger charge is 2.25. The Labute approximate surface area is 142 Å². The topological polar surface area (TPSA) is 69.2 Å². The number of allylic oxidation sites excluding steroid dienone is 1. The molecule has 0 bridgehead atoms. The molecule has 1 fully saturated rings. The number of rotatable bonds is 7. The van der Waals surface area contributed by atoms with Gasteiger partial charge in [0.1, 0.15) is 0 Å². The first-order chi connectivity index (χ1) is 11.7. The van der Waals surface area contributed by atoms with E-state index in [0.29, 0.717) is 12.5 Å². The smallest absolute Gasteiger partial charge is 0.327 e. The minimum Gasteiger partial charge on any atom is -0.478 e. The van der Waals surface area contributed by atoms with E-state index in [1.54, 1.807) is 6.08 Å². The van der Waals surface area contributed by atoms with Gasteiger partial charge in [-0.1, -0.05) is 30.3 Å². The lowest BCUT2D eigenvalue weighted by molar-refractivity contribution is -0.131. The molecule has 5 nitrogen and oxygen atoms in total. The number of nitrogens with one attached hydrogen (secondary N) is 1. The molecule has 5 heteroatoms. The van der Waals surface area contributed by atoms with Crippen molar-refractivity contribution in [2.24, 2.45) is 0 Å². The van der Waals surface area contributed by atoms with E-state index < -0.39 is 5.97 Å². The Bertz CT molecular complexity index is 677. The second-order valence-electron chi connectivity index (χ2n) is 6.24. The molecule has 1 aliphatic rings. The summed E-state index contributed by atoms with van der Waals surface area (Å²) in [7, 11) is 0. The first-order valence-corrected chi connectivity index (χ1v) is 8.42. The molecule has 126 valence electrons. The fraction of sp³-hybridized carbons (Fsp3) is 0.368. The zero-order valence-electron chi connectivity index (χ0n) is 13.7. The van der Waals surface area contributed by atoms with E-state index in [1.807, 2.05) is 12.4 Å². The predicted molar refractivity (Wildman–Crippen MR) is 92.8 cm³/mol. The SMILES string of the molecule is O=C(O)/C=C/Cc1ccc([C@@H]2CCCN2CCc2cn[nH]c2)cc1. The van der Waals surface area contributed by atoms with Crippen LogP contribution in [-0.4, -0.2) is 39.3 Å². The van der Waals surface area contributed by atoms with Crippen LogP contribution in [0.1, 0.15) is 35.6 Å². The first-order valence-electron chi connectivity index (χ1n) is 8.42. The standard InChI is InChI=1S/C19H23N3O2/c23-19(24)5-1-3-15-6-8-17(9-7-15)18-4-2-11-22(18)12-10-16-13-20-21-14-16/h1,5-9,13-14,18H,2-4,10-12H2,(H,20,21)(H,23,24)/b5-1+/t18-/m0/s1. The molecule has 1 aromatic carbocycles. The molecule has 0 unspecified atom stereocenters. The number of carboxylic acid groups (broad SMARTS) is 1. The Balaban J connectivity index is 1.59. The van der Waals surface area contributed by atoms with Crippen LogP contribution in [0, 0.1) is 0 Å². The van der Waals surface area contributed by atoms with E-state index in [1.165, 1.54) is 30.0 Å². The van der Waals surface area contributed by atoms with E-state index in [2.05, 4.69) is 39.4 Å². The Morgan fingerprint density at radius 2 is 2.17 bits per heavy atom. The van der Waals surface area contributed by atoms with E-state index in [-0.39, 0.29) is 0 Å². The summed E-state index contributed by atoms with van der Waals surface area (Å²) in [6.45, 7) is 2.19. The van der Waals surface area contributed by atoms with Crippen molar-refractivity contribution in [2.45, 2.75) is 31.7 Å². The molecule has 1 atom stereocenters. The van der Waals surface area contributed by atoms with Crippen LogP contribution in [0.3, 0.4) is 0 Å². The van der Waals surface area contributed by atoms with Crippen molar-refractivity contribution in [3.8, 4) is 0 Å². The van der Waals surface area contributed by atoms with Crippen LogP contribution < -0.4 is 0 Å². The molecule has 0 amide bonds. The average Bonchev–Trinajstić information content (AvgIpc) is 3.25. The molecule has 1 aromatic heterocycles. The number of aromatic amines is 1. The van der Waals surface area contributed by atoms with Crippen molar-refractivity contribution in [3.63, 3.8) is 0 Å². The number of likely N-dealkylation sites (tertiary alicyclic amines) is 1. The van der Waals surface area contributed by atoms with Gasteiger partial charge in [-0.3, -0.25) is 10.00 Å². The second kappa shape index (κ2) is 7.93. The van der Waals surface area contributed by atoms with Crippen molar-refractivity contribution in [1.82, 2.24) is 15.1 Å². The minimum absolute atomic E-state index is 0.487. The molecule has 3 rings (SSSR count). The molecule has 1 aliphatic heterocycles. The largest absolute Gasteiger partial charge is 0.478 e. The van der Waals surface area contributed by atoms with Crippen molar-refractivity contribution in [3.05, 3.63) is 65.5 Å². The number of aromatic nitrogens is 2. The third-order valence-electron chi connectivity index (χ3n) is 4.58. The van der Waals surface area contributed by atoms with E-state index >= 15 is 0 Å². The third-order valence-corrected chi connectivity index (χ3v) is 4.58. The van der Waals surface area contributed by atoms with Crippen molar-refractivity contribution in [1.29, 1.82) is 0 Å². The Morgan fingerprint density at radius 3 is 2.88 bits per heavy atom. The van der Waals surface area contributed by atoms with Crippen LogP contribution in [0.25, 0.3) is 0 Å². The van der Waals surface area contributed by atoms with Crippen molar-refractivity contribution < 1.29 is 9.90 Å². The number of hydrogen-bond acceptors (Lipinski definition) is 3.